The third kappa shape index (κ3) is 2.72. The summed E-state index contributed by atoms with van der Waals surface area (Å²) in [5.41, 5.74) is 2.76. The molecule has 0 aliphatic heterocycles. The maximum Gasteiger partial charge on any atom is 0.142 e. The van der Waals surface area contributed by atoms with Crippen molar-refractivity contribution in [3.63, 3.8) is 0 Å². The Bertz CT molecular complexity index is 972. The minimum atomic E-state index is -0.142. The van der Waals surface area contributed by atoms with Crippen LogP contribution in [-0.2, 0) is 7.05 Å². The molecule has 0 radical (unpaired) electrons. The van der Waals surface area contributed by atoms with E-state index in [9.17, 15) is 0 Å². The first-order valence-corrected chi connectivity index (χ1v) is 7.88. The molecule has 1 unspecified atom stereocenters. The van der Waals surface area contributed by atoms with Crippen LogP contribution in [0.4, 0.5) is 5.82 Å². The summed E-state index contributed by atoms with van der Waals surface area (Å²) in [7, 11) is 1.90. The van der Waals surface area contributed by atoms with Gasteiger partial charge in [-0.05, 0) is 29.8 Å². The van der Waals surface area contributed by atoms with Crippen LogP contribution < -0.4 is 5.32 Å². The van der Waals surface area contributed by atoms with Crippen molar-refractivity contribution in [3.8, 4) is 0 Å². The van der Waals surface area contributed by atoms with E-state index in [4.69, 9.17) is 11.6 Å². The predicted octanol–water partition coefficient (Wildman–Crippen LogP) is 3.55. The third-order valence-electron chi connectivity index (χ3n) is 3.87. The van der Waals surface area contributed by atoms with Gasteiger partial charge in [0.2, 0.25) is 0 Å². The van der Waals surface area contributed by atoms with Crippen LogP contribution in [0.15, 0.2) is 55.1 Å². The molecule has 6 nitrogen and oxygen atoms in total. The van der Waals surface area contributed by atoms with Crippen LogP contribution in [0.2, 0.25) is 5.02 Å². The maximum atomic E-state index is 6.03. The number of halogens is 1. The summed E-state index contributed by atoms with van der Waals surface area (Å²) in [5, 5.41) is 9.67. The Morgan fingerprint density at radius 2 is 1.96 bits per heavy atom. The molecule has 0 fully saturated rings. The van der Waals surface area contributed by atoms with Crippen LogP contribution in [0.3, 0.4) is 0 Å². The molecule has 0 amide bonds. The van der Waals surface area contributed by atoms with Gasteiger partial charge in [0.1, 0.15) is 17.8 Å². The number of hydrogen-bond acceptors (Lipinski definition) is 4. The number of nitrogens with zero attached hydrogens (tertiary/aromatic N) is 4. The normalized spacial score (nSPS) is 12.4. The molecule has 120 valence electrons. The van der Waals surface area contributed by atoms with Gasteiger partial charge in [-0.2, -0.15) is 5.10 Å². The lowest BCUT2D eigenvalue weighted by atomic mass is 10.0. The number of aromatic amines is 1. The first-order chi connectivity index (χ1) is 11.7. The summed E-state index contributed by atoms with van der Waals surface area (Å²) in [6.45, 7) is 0. The second-order valence-electron chi connectivity index (χ2n) is 5.51. The molecule has 0 aliphatic rings. The summed E-state index contributed by atoms with van der Waals surface area (Å²) in [6.07, 6.45) is 5.31. The minimum Gasteiger partial charge on any atom is -0.357 e. The summed E-state index contributed by atoms with van der Waals surface area (Å²) in [5.74, 6) is 0.756. The van der Waals surface area contributed by atoms with E-state index in [0.717, 1.165) is 28.1 Å². The van der Waals surface area contributed by atoms with Gasteiger partial charge in [-0.25, -0.2) is 9.97 Å². The number of fused-ring (bicyclic) bond motifs is 1. The first kappa shape index (κ1) is 14.7. The van der Waals surface area contributed by atoms with Crippen molar-refractivity contribution in [1.29, 1.82) is 0 Å². The van der Waals surface area contributed by atoms with Gasteiger partial charge >= 0.3 is 0 Å². The van der Waals surface area contributed by atoms with Crippen LogP contribution in [0.1, 0.15) is 17.3 Å². The van der Waals surface area contributed by atoms with Gasteiger partial charge in [0.15, 0.2) is 0 Å². The molecule has 1 atom stereocenters. The Morgan fingerprint density at radius 3 is 2.71 bits per heavy atom. The van der Waals surface area contributed by atoms with Crippen LogP contribution in [0, 0.1) is 0 Å². The van der Waals surface area contributed by atoms with Crippen LogP contribution in [-0.4, -0.2) is 24.7 Å². The van der Waals surface area contributed by atoms with Crippen molar-refractivity contribution in [2.24, 2.45) is 7.05 Å². The summed E-state index contributed by atoms with van der Waals surface area (Å²) in [6, 6.07) is 11.5. The van der Waals surface area contributed by atoms with Gasteiger partial charge in [0, 0.05) is 24.5 Å². The highest BCUT2D eigenvalue weighted by Gasteiger charge is 2.18. The minimum absolute atomic E-state index is 0.142. The van der Waals surface area contributed by atoms with Gasteiger partial charge in [-0.1, -0.05) is 23.7 Å². The Morgan fingerprint density at radius 1 is 1.12 bits per heavy atom. The Hall–Kier alpha value is -2.86. The standard InChI is InChI=1S/C17H15ClN6/c1-24-9-7-14(23-24)15(11-2-4-12(18)5-3-11)22-17-13-6-8-19-16(13)20-10-21-17/h2-10,15H,1H3,(H2,19,20,21,22). The molecule has 3 heterocycles. The molecule has 4 aromatic rings. The number of aromatic nitrogens is 5. The number of rotatable bonds is 4. The van der Waals surface area contributed by atoms with Gasteiger partial charge in [0.25, 0.3) is 0 Å². The molecular weight excluding hydrogens is 324 g/mol. The van der Waals surface area contributed by atoms with Gasteiger partial charge < -0.3 is 10.3 Å². The van der Waals surface area contributed by atoms with Crippen molar-refractivity contribution in [3.05, 3.63) is 71.4 Å². The van der Waals surface area contributed by atoms with Gasteiger partial charge in [0.05, 0.1) is 17.1 Å². The highest BCUT2D eigenvalue weighted by atomic mass is 35.5. The van der Waals surface area contributed by atoms with Crippen molar-refractivity contribution < 1.29 is 0 Å². The fourth-order valence-electron chi connectivity index (χ4n) is 2.69. The Labute approximate surface area is 143 Å². The van der Waals surface area contributed by atoms with Crippen molar-refractivity contribution in [2.45, 2.75) is 6.04 Å². The highest BCUT2D eigenvalue weighted by molar-refractivity contribution is 6.30. The molecule has 4 rings (SSSR count). The quantitative estimate of drug-likeness (QED) is 0.597. The summed E-state index contributed by atoms with van der Waals surface area (Å²) in [4.78, 5) is 11.7. The van der Waals surface area contributed by atoms with E-state index in [1.165, 1.54) is 0 Å². The Kier molecular flexibility index (Phi) is 3.66. The second-order valence-corrected chi connectivity index (χ2v) is 5.94. The van der Waals surface area contributed by atoms with E-state index in [1.54, 1.807) is 11.0 Å². The number of hydrogen-bond donors (Lipinski definition) is 2. The van der Waals surface area contributed by atoms with E-state index in [0.29, 0.717) is 5.02 Å². The number of H-pyrrole nitrogens is 1. The number of nitrogens with one attached hydrogen (secondary N) is 2. The highest BCUT2D eigenvalue weighted by Crippen LogP contribution is 2.28. The number of anilines is 1. The molecule has 0 saturated carbocycles. The predicted molar refractivity (Wildman–Crippen MR) is 94.0 cm³/mol. The summed E-state index contributed by atoms with van der Waals surface area (Å²) >= 11 is 6.03. The lowest BCUT2D eigenvalue weighted by Gasteiger charge is -2.18. The molecule has 3 aromatic heterocycles. The van der Waals surface area contributed by atoms with E-state index in [2.05, 4.69) is 25.4 Å². The molecule has 24 heavy (non-hydrogen) atoms. The maximum absolute atomic E-state index is 6.03. The van der Waals surface area contributed by atoms with Crippen molar-refractivity contribution >= 4 is 28.5 Å². The van der Waals surface area contributed by atoms with Crippen molar-refractivity contribution in [2.75, 3.05) is 5.32 Å². The summed E-state index contributed by atoms with van der Waals surface area (Å²) < 4.78 is 1.78. The molecule has 2 N–H and O–H groups in total. The Balaban J connectivity index is 1.78. The fraction of sp³-hybridized carbons (Fsp3) is 0.118. The topological polar surface area (TPSA) is 71.4 Å². The van der Waals surface area contributed by atoms with Gasteiger partial charge in [-0.3, -0.25) is 4.68 Å². The van der Waals surface area contributed by atoms with Gasteiger partial charge in [-0.15, -0.1) is 0 Å². The molecule has 0 spiro atoms. The fourth-order valence-corrected chi connectivity index (χ4v) is 2.82. The zero-order chi connectivity index (χ0) is 16.5. The third-order valence-corrected chi connectivity index (χ3v) is 4.12. The largest absolute Gasteiger partial charge is 0.357 e. The van der Waals surface area contributed by atoms with E-state index < -0.39 is 0 Å². The average Bonchev–Trinajstić information content (AvgIpc) is 3.23. The molecule has 0 aliphatic carbocycles. The lowest BCUT2D eigenvalue weighted by Crippen LogP contribution is -2.14. The molecule has 7 heteroatoms. The van der Waals surface area contributed by atoms with E-state index in [1.807, 2.05) is 55.8 Å². The molecular formula is C17H15ClN6. The molecule has 0 bridgehead atoms. The molecule has 1 aromatic carbocycles. The van der Waals surface area contributed by atoms with Crippen molar-refractivity contribution in [1.82, 2.24) is 24.7 Å². The zero-order valence-electron chi connectivity index (χ0n) is 12.9. The average molecular weight is 339 g/mol. The molecule has 0 saturated heterocycles. The zero-order valence-corrected chi connectivity index (χ0v) is 13.7. The number of aryl methyl sites for hydroxylation is 1. The van der Waals surface area contributed by atoms with E-state index in [-0.39, 0.29) is 6.04 Å². The lowest BCUT2D eigenvalue weighted by molar-refractivity contribution is 0.728. The first-order valence-electron chi connectivity index (χ1n) is 7.50. The monoisotopic (exact) mass is 338 g/mol. The smallest absolute Gasteiger partial charge is 0.142 e. The second kappa shape index (κ2) is 5.98. The van der Waals surface area contributed by atoms with E-state index >= 15 is 0 Å². The van der Waals surface area contributed by atoms with Crippen LogP contribution in [0.25, 0.3) is 11.0 Å². The van der Waals surface area contributed by atoms with Crippen LogP contribution >= 0.6 is 11.6 Å². The SMILES string of the molecule is Cn1ccc(C(Nc2ncnc3[nH]ccc23)c2ccc(Cl)cc2)n1. The van der Waals surface area contributed by atoms with Crippen LogP contribution in [0.5, 0.6) is 0 Å². The number of benzene rings is 1.